The standard InChI is InChI=1S/C7H5BrF2/c8-6-3-5(4-9)1-2-7(6)10/h1-3H,4H2. The summed E-state index contributed by atoms with van der Waals surface area (Å²) in [6, 6.07) is 4.08. The van der Waals surface area contributed by atoms with Crippen molar-refractivity contribution in [2.24, 2.45) is 0 Å². The summed E-state index contributed by atoms with van der Waals surface area (Å²) >= 11 is 2.95. The molecule has 1 aromatic rings. The summed E-state index contributed by atoms with van der Waals surface area (Å²) in [6.45, 7) is -0.557. The SMILES string of the molecule is FCc1ccc(F)c(Br)c1. The van der Waals surface area contributed by atoms with Gasteiger partial charge in [0.15, 0.2) is 0 Å². The molecule has 0 saturated heterocycles. The Morgan fingerprint density at radius 2 is 2.10 bits per heavy atom. The van der Waals surface area contributed by atoms with Gasteiger partial charge in [-0.2, -0.15) is 0 Å². The molecule has 0 bridgehead atoms. The highest BCUT2D eigenvalue weighted by atomic mass is 79.9. The van der Waals surface area contributed by atoms with Crippen molar-refractivity contribution in [1.29, 1.82) is 0 Å². The van der Waals surface area contributed by atoms with E-state index in [9.17, 15) is 8.78 Å². The number of benzene rings is 1. The van der Waals surface area contributed by atoms with Crippen LogP contribution >= 0.6 is 15.9 Å². The third-order valence-corrected chi connectivity index (χ3v) is 1.75. The maximum Gasteiger partial charge on any atom is 0.137 e. The molecule has 1 rings (SSSR count). The molecule has 0 aliphatic rings. The largest absolute Gasteiger partial charge is 0.246 e. The highest BCUT2D eigenvalue weighted by Crippen LogP contribution is 2.16. The Hall–Kier alpha value is -0.440. The third kappa shape index (κ3) is 1.53. The first-order valence-corrected chi connectivity index (χ1v) is 3.53. The van der Waals surface area contributed by atoms with Crippen molar-refractivity contribution in [3.63, 3.8) is 0 Å². The maximum absolute atomic E-state index is 12.5. The number of hydrogen-bond acceptors (Lipinski definition) is 0. The van der Waals surface area contributed by atoms with Crippen LogP contribution in [0.5, 0.6) is 0 Å². The Morgan fingerprint density at radius 3 is 2.60 bits per heavy atom. The monoisotopic (exact) mass is 206 g/mol. The Labute approximate surface area is 66.0 Å². The van der Waals surface area contributed by atoms with E-state index >= 15 is 0 Å². The quantitative estimate of drug-likeness (QED) is 0.663. The van der Waals surface area contributed by atoms with E-state index in [0.717, 1.165) is 0 Å². The van der Waals surface area contributed by atoms with E-state index in [4.69, 9.17) is 0 Å². The lowest BCUT2D eigenvalue weighted by molar-refractivity contribution is 0.484. The van der Waals surface area contributed by atoms with E-state index in [2.05, 4.69) is 15.9 Å². The highest BCUT2D eigenvalue weighted by Gasteiger charge is 1.98. The fourth-order valence-corrected chi connectivity index (χ4v) is 1.05. The van der Waals surface area contributed by atoms with Crippen LogP contribution in [0.25, 0.3) is 0 Å². The zero-order chi connectivity index (χ0) is 7.56. The van der Waals surface area contributed by atoms with Crippen molar-refractivity contribution in [3.05, 3.63) is 34.1 Å². The van der Waals surface area contributed by atoms with E-state index in [-0.39, 0.29) is 5.82 Å². The maximum atomic E-state index is 12.5. The van der Waals surface area contributed by atoms with Crippen molar-refractivity contribution in [3.8, 4) is 0 Å². The summed E-state index contributed by atoms with van der Waals surface area (Å²) in [4.78, 5) is 0. The first-order chi connectivity index (χ1) is 4.74. The van der Waals surface area contributed by atoms with Gasteiger partial charge in [0.1, 0.15) is 12.5 Å². The zero-order valence-corrected chi connectivity index (χ0v) is 6.66. The number of alkyl halides is 1. The molecular weight excluding hydrogens is 202 g/mol. The average molecular weight is 207 g/mol. The second-order valence-electron chi connectivity index (χ2n) is 1.88. The van der Waals surface area contributed by atoms with E-state index in [1.807, 2.05) is 0 Å². The lowest BCUT2D eigenvalue weighted by Gasteiger charge is -1.95. The van der Waals surface area contributed by atoms with Crippen LogP contribution in [-0.4, -0.2) is 0 Å². The summed E-state index contributed by atoms with van der Waals surface area (Å²) in [5.74, 6) is -0.364. The van der Waals surface area contributed by atoms with Crippen molar-refractivity contribution in [2.45, 2.75) is 6.67 Å². The van der Waals surface area contributed by atoms with Crippen LogP contribution in [0.1, 0.15) is 5.56 Å². The molecule has 0 nitrogen and oxygen atoms in total. The van der Waals surface area contributed by atoms with Crippen LogP contribution in [-0.2, 0) is 6.67 Å². The van der Waals surface area contributed by atoms with Gasteiger partial charge < -0.3 is 0 Å². The van der Waals surface area contributed by atoms with Crippen LogP contribution in [0, 0.1) is 5.82 Å². The molecule has 0 saturated carbocycles. The second-order valence-corrected chi connectivity index (χ2v) is 2.74. The summed E-state index contributed by atoms with van der Waals surface area (Å²) < 4.78 is 24.7. The van der Waals surface area contributed by atoms with E-state index in [1.165, 1.54) is 18.2 Å². The lowest BCUT2D eigenvalue weighted by Crippen LogP contribution is -1.81. The molecule has 0 fully saturated rings. The van der Waals surface area contributed by atoms with Crippen molar-refractivity contribution >= 4 is 15.9 Å². The van der Waals surface area contributed by atoms with Crippen LogP contribution < -0.4 is 0 Å². The summed E-state index contributed by atoms with van der Waals surface area (Å²) in [7, 11) is 0. The van der Waals surface area contributed by atoms with Gasteiger partial charge >= 0.3 is 0 Å². The number of hydrogen-bond donors (Lipinski definition) is 0. The van der Waals surface area contributed by atoms with Gasteiger partial charge in [-0.05, 0) is 33.6 Å². The molecule has 3 heteroatoms. The molecule has 0 aliphatic carbocycles. The lowest BCUT2D eigenvalue weighted by atomic mass is 10.2. The molecular formula is C7H5BrF2. The van der Waals surface area contributed by atoms with E-state index in [1.54, 1.807) is 0 Å². The third-order valence-electron chi connectivity index (χ3n) is 1.14. The van der Waals surface area contributed by atoms with Crippen molar-refractivity contribution in [2.75, 3.05) is 0 Å². The van der Waals surface area contributed by atoms with Crippen LogP contribution in [0.3, 0.4) is 0 Å². The fourth-order valence-electron chi connectivity index (χ4n) is 0.623. The Bertz CT molecular complexity index is 235. The first kappa shape index (κ1) is 7.66. The molecule has 0 aromatic heterocycles. The minimum absolute atomic E-state index is 0.308. The van der Waals surface area contributed by atoms with Gasteiger partial charge in [-0.15, -0.1) is 0 Å². The zero-order valence-electron chi connectivity index (χ0n) is 5.07. The molecule has 0 radical (unpaired) electrons. The summed E-state index contributed by atoms with van der Waals surface area (Å²) in [6.07, 6.45) is 0. The van der Waals surface area contributed by atoms with Crippen LogP contribution in [0.4, 0.5) is 8.78 Å². The second kappa shape index (κ2) is 3.10. The minimum Gasteiger partial charge on any atom is -0.246 e. The number of rotatable bonds is 1. The predicted molar refractivity (Wildman–Crippen MR) is 38.9 cm³/mol. The molecule has 0 heterocycles. The molecule has 54 valence electrons. The average Bonchev–Trinajstić information content (AvgIpc) is 1.95. The smallest absolute Gasteiger partial charge is 0.137 e. The Balaban J connectivity index is 3.04. The van der Waals surface area contributed by atoms with Crippen molar-refractivity contribution in [1.82, 2.24) is 0 Å². The molecule has 0 amide bonds. The first-order valence-electron chi connectivity index (χ1n) is 2.74. The molecule has 10 heavy (non-hydrogen) atoms. The van der Waals surface area contributed by atoms with Gasteiger partial charge in [0.05, 0.1) is 4.47 Å². The molecule has 0 spiro atoms. The number of halogens is 3. The molecule has 0 N–H and O–H groups in total. The van der Waals surface area contributed by atoms with Gasteiger partial charge in [0.25, 0.3) is 0 Å². The fraction of sp³-hybridized carbons (Fsp3) is 0.143. The summed E-state index contributed by atoms with van der Waals surface area (Å²) in [5, 5.41) is 0. The highest BCUT2D eigenvalue weighted by molar-refractivity contribution is 9.10. The van der Waals surface area contributed by atoms with Gasteiger partial charge in [0.2, 0.25) is 0 Å². The molecule has 1 aromatic carbocycles. The molecule has 0 unspecified atom stereocenters. The van der Waals surface area contributed by atoms with Gasteiger partial charge in [-0.25, -0.2) is 8.78 Å². The van der Waals surface area contributed by atoms with Crippen molar-refractivity contribution < 1.29 is 8.78 Å². The molecule has 0 atom stereocenters. The Kier molecular flexibility index (Phi) is 2.38. The van der Waals surface area contributed by atoms with Gasteiger partial charge in [-0.1, -0.05) is 6.07 Å². The van der Waals surface area contributed by atoms with Gasteiger partial charge in [-0.3, -0.25) is 0 Å². The van der Waals surface area contributed by atoms with E-state index in [0.29, 0.717) is 10.0 Å². The minimum atomic E-state index is -0.557. The van der Waals surface area contributed by atoms with Crippen LogP contribution in [0.15, 0.2) is 22.7 Å². The van der Waals surface area contributed by atoms with E-state index < -0.39 is 6.67 Å². The predicted octanol–water partition coefficient (Wildman–Crippen LogP) is 3.06. The normalized spacial score (nSPS) is 9.90. The molecule has 0 aliphatic heterocycles. The topological polar surface area (TPSA) is 0 Å². The van der Waals surface area contributed by atoms with Gasteiger partial charge in [0, 0.05) is 0 Å². The summed E-state index contributed by atoms with van der Waals surface area (Å²) in [5.41, 5.74) is 0.480. The van der Waals surface area contributed by atoms with Crippen LogP contribution in [0.2, 0.25) is 0 Å². The Morgan fingerprint density at radius 1 is 1.40 bits per heavy atom.